The van der Waals surface area contributed by atoms with Gasteiger partial charge in [0, 0.05) is 0 Å². The summed E-state index contributed by atoms with van der Waals surface area (Å²) in [4.78, 5) is 0. The second-order valence-corrected chi connectivity index (χ2v) is 17.5. The van der Waals surface area contributed by atoms with Gasteiger partial charge in [-0.25, -0.2) is 0 Å². The minimum atomic E-state index is 0.0578. The van der Waals surface area contributed by atoms with Crippen LogP contribution in [0.25, 0.3) is 11.1 Å². The van der Waals surface area contributed by atoms with E-state index in [0.717, 1.165) is 0 Å². The summed E-state index contributed by atoms with van der Waals surface area (Å²) >= 11 is 0. The molecule has 0 amide bonds. The first kappa shape index (κ1) is 32.2. The molecule has 5 unspecified atom stereocenters. The lowest BCUT2D eigenvalue weighted by Crippen LogP contribution is -2.44. The molecule has 0 saturated heterocycles. The fourth-order valence-electron chi connectivity index (χ4n) is 10.2. The number of hydrogen-bond acceptors (Lipinski definition) is 0. The van der Waals surface area contributed by atoms with Crippen LogP contribution in [-0.2, 0) is 5.41 Å². The molecule has 0 heterocycles. The molecule has 4 aliphatic rings. The van der Waals surface area contributed by atoms with Gasteiger partial charge in [0.2, 0.25) is 0 Å². The zero-order chi connectivity index (χ0) is 33.1. The van der Waals surface area contributed by atoms with Crippen LogP contribution in [0.5, 0.6) is 0 Å². The predicted octanol–water partition coefficient (Wildman–Crippen LogP) is 12.7. The molecule has 4 aliphatic carbocycles. The Morgan fingerprint density at radius 1 is 0.489 bits per heavy atom. The van der Waals surface area contributed by atoms with Gasteiger partial charge in [0.1, 0.15) is 0 Å². The number of rotatable bonds is 5. The van der Waals surface area contributed by atoms with Crippen LogP contribution in [0.15, 0.2) is 120 Å². The van der Waals surface area contributed by atoms with E-state index in [1.54, 1.807) is 5.56 Å². The molecule has 244 valence electrons. The largest absolute Gasteiger partial charge is 0.0758 e. The summed E-state index contributed by atoms with van der Waals surface area (Å²) in [6, 6.07) is 32.3. The fraction of sp³-hybridized carbons (Fsp3) is 0.447. The highest BCUT2D eigenvalue weighted by molar-refractivity contribution is 5.84. The maximum Gasteiger partial charge on any atom is -0.000715 e. The minimum Gasteiger partial charge on any atom is -0.0758 e. The van der Waals surface area contributed by atoms with E-state index in [4.69, 9.17) is 0 Å². The van der Waals surface area contributed by atoms with Crippen molar-refractivity contribution in [2.24, 2.45) is 46.3 Å². The van der Waals surface area contributed by atoms with Gasteiger partial charge in [-0.2, -0.15) is 0 Å². The van der Waals surface area contributed by atoms with Gasteiger partial charge in [-0.3, -0.25) is 0 Å². The lowest BCUT2D eigenvalue weighted by Gasteiger charge is -2.48. The summed E-state index contributed by atoms with van der Waals surface area (Å²) < 4.78 is 0. The summed E-state index contributed by atoms with van der Waals surface area (Å²) in [5.41, 5.74) is 11.8. The fourth-order valence-corrected chi connectivity index (χ4v) is 10.2. The highest BCUT2D eigenvalue weighted by Gasteiger charge is 2.59. The van der Waals surface area contributed by atoms with E-state index >= 15 is 0 Å². The lowest BCUT2D eigenvalue weighted by atomic mass is 9.56. The van der Waals surface area contributed by atoms with Gasteiger partial charge < -0.3 is 0 Å². The van der Waals surface area contributed by atoms with Crippen molar-refractivity contribution in [1.82, 2.24) is 0 Å². The Balaban J connectivity index is 1.50. The zero-order valence-corrected chi connectivity index (χ0v) is 30.2. The van der Waals surface area contributed by atoms with Crippen LogP contribution in [-0.4, -0.2) is 0 Å². The van der Waals surface area contributed by atoms with Crippen LogP contribution in [0.1, 0.15) is 96.4 Å². The molecule has 0 N–H and O–H groups in total. The van der Waals surface area contributed by atoms with Gasteiger partial charge in [-0.15, -0.1) is 0 Å². The summed E-state index contributed by atoms with van der Waals surface area (Å²) in [7, 11) is 0. The Hall–Kier alpha value is -3.38. The normalized spacial score (nSPS) is 27.6. The second kappa shape index (κ2) is 11.9. The Labute approximate surface area is 285 Å². The first-order chi connectivity index (χ1) is 22.4. The van der Waals surface area contributed by atoms with Crippen molar-refractivity contribution >= 4 is 11.1 Å². The van der Waals surface area contributed by atoms with Gasteiger partial charge in [0.25, 0.3) is 0 Å². The Morgan fingerprint density at radius 2 is 0.915 bits per heavy atom. The van der Waals surface area contributed by atoms with Crippen LogP contribution < -0.4 is 0 Å². The quantitative estimate of drug-likeness (QED) is 0.266. The van der Waals surface area contributed by atoms with Crippen molar-refractivity contribution < 1.29 is 0 Å². The molecule has 0 bridgehead atoms. The third kappa shape index (κ3) is 5.64. The first-order valence-electron chi connectivity index (χ1n) is 18.4. The van der Waals surface area contributed by atoms with Gasteiger partial charge in [0.15, 0.2) is 0 Å². The van der Waals surface area contributed by atoms with E-state index < -0.39 is 0 Å². The molecule has 47 heavy (non-hydrogen) atoms. The summed E-state index contributed by atoms with van der Waals surface area (Å²) in [6.45, 7) is 19.4. The van der Waals surface area contributed by atoms with Crippen LogP contribution in [0, 0.1) is 53.3 Å². The van der Waals surface area contributed by atoms with E-state index in [1.165, 1.54) is 64.7 Å². The van der Waals surface area contributed by atoms with Crippen LogP contribution in [0.2, 0.25) is 0 Å². The molecule has 0 radical (unpaired) electrons. The molecule has 5 atom stereocenters. The van der Waals surface area contributed by atoms with E-state index in [0.29, 0.717) is 35.5 Å². The average Bonchev–Trinajstić information content (AvgIpc) is 3.71. The van der Waals surface area contributed by atoms with E-state index in [1.807, 2.05) is 0 Å². The maximum atomic E-state index is 2.78. The molecule has 2 saturated carbocycles. The van der Waals surface area contributed by atoms with Crippen molar-refractivity contribution in [1.29, 1.82) is 0 Å². The van der Waals surface area contributed by atoms with Gasteiger partial charge in [-0.05, 0) is 111 Å². The van der Waals surface area contributed by atoms with Gasteiger partial charge >= 0.3 is 0 Å². The minimum absolute atomic E-state index is 0.0578. The third-order valence-corrected chi connectivity index (χ3v) is 12.5. The molecule has 2 fully saturated rings. The SMILES string of the molecule is Cc1ccc(C(C)(C2CCCC2)C2C3C=C(c4ccccc4)C(C(C)(C)C)=CC3C3C=C(C(C)(C)C)C(c4ccccc4)=CC32)cc1. The predicted molar refractivity (Wildman–Crippen MR) is 202 cm³/mol. The molecular weight excluding hydrogens is 565 g/mol. The number of fused-ring (bicyclic) bond motifs is 3. The second-order valence-electron chi connectivity index (χ2n) is 17.5. The zero-order valence-electron chi connectivity index (χ0n) is 30.2. The van der Waals surface area contributed by atoms with Crippen molar-refractivity contribution in [2.75, 3.05) is 0 Å². The molecule has 0 aliphatic heterocycles. The van der Waals surface area contributed by atoms with Crippen molar-refractivity contribution in [3.8, 4) is 0 Å². The van der Waals surface area contributed by atoms with Crippen molar-refractivity contribution in [2.45, 2.75) is 86.5 Å². The highest BCUT2D eigenvalue weighted by Crippen LogP contribution is 2.65. The third-order valence-electron chi connectivity index (χ3n) is 12.5. The molecule has 0 heteroatoms. The maximum absolute atomic E-state index is 2.78. The highest BCUT2D eigenvalue weighted by atomic mass is 14.6. The van der Waals surface area contributed by atoms with Gasteiger partial charge in [-0.1, -0.05) is 176 Å². The molecule has 0 spiro atoms. The average molecular weight is 621 g/mol. The van der Waals surface area contributed by atoms with E-state index in [9.17, 15) is 0 Å². The van der Waals surface area contributed by atoms with E-state index in [2.05, 4.69) is 165 Å². The number of hydrogen-bond donors (Lipinski definition) is 0. The Bertz CT molecular complexity index is 1610. The summed E-state index contributed by atoms with van der Waals surface area (Å²) in [6.07, 6.45) is 16.5. The molecular formula is C47H56. The Kier molecular flexibility index (Phi) is 8.18. The molecule has 7 rings (SSSR count). The standard InChI is InChI=1S/C47H56/c1-31-23-25-35(26-24-31)47(8,34-21-15-16-22-34)44-40-27-36(32-17-11-9-12-18-32)42(45(2,3)4)29-38(40)39-30-43(46(5,6)7)37(28-41(39)44)33-19-13-10-14-20-33/h9-14,17-20,23-30,34,38-41,44H,15-16,21-22H2,1-8H3. The van der Waals surface area contributed by atoms with Gasteiger partial charge in [0.05, 0.1) is 0 Å². The summed E-state index contributed by atoms with van der Waals surface area (Å²) in [5.74, 6) is 3.06. The Morgan fingerprint density at radius 3 is 1.32 bits per heavy atom. The molecule has 0 aromatic heterocycles. The van der Waals surface area contributed by atoms with Crippen LogP contribution in [0.4, 0.5) is 0 Å². The van der Waals surface area contributed by atoms with E-state index in [-0.39, 0.29) is 16.2 Å². The summed E-state index contributed by atoms with van der Waals surface area (Å²) in [5, 5.41) is 0. The molecule has 3 aromatic carbocycles. The monoisotopic (exact) mass is 620 g/mol. The number of aryl methyl sites for hydroxylation is 1. The first-order valence-corrected chi connectivity index (χ1v) is 18.4. The van der Waals surface area contributed by atoms with Crippen molar-refractivity contribution in [3.05, 3.63) is 143 Å². The topological polar surface area (TPSA) is 0 Å². The smallest absolute Gasteiger partial charge is 0.000715 e. The molecule has 3 aromatic rings. The van der Waals surface area contributed by atoms with Crippen LogP contribution >= 0.6 is 0 Å². The van der Waals surface area contributed by atoms with Crippen molar-refractivity contribution in [3.63, 3.8) is 0 Å². The number of benzene rings is 3. The van der Waals surface area contributed by atoms with Crippen LogP contribution in [0.3, 0.4) is 0 Å². The molecule has 0 nitrogen and oxygen atoms in total. The lowest BCUT2D eigenvalue weighted by molar-refractivity contribution is 0.138. The number of allylic oxidation sites excluding steroid dienone is 8.